The van der Waals surface area contributed by atoms with Gasteiger partial charge in [0.1, 0.15) is 5.01 Å². The number of aromatic amines is 1. The molecule has 7 nitrogen and oxygen atoms in total. The molecule has 28 heavy (non-hydrogen) atoms. The number of halogens is 1. The zero-order valence-electron chi connectivity index (χ0n) is 15.4. The molecule has 0 aliphatic carbocycles. The van der Waals surface area contributed by atoms with E-state index in [1.54, 1.807) is 4.90 Å². The van der Waals surface area contributed by atoms with Crippen molar-refractivity contribution in [1.82, 2.24) is 20.1 Å². The number of carbonyl (C=O) groups is 2. The average Bonchev–Trinajstić information content (AvgIpc) is 3.38. The molecule has 4 rings (SSSR count). The van der Waals surface area contributed by atoms with E-state index in [1.165, 1.54) is 11.3 Å². The number of rotatable bonds is 6. The van der Waals surface area contributed by atoms with Gasteiger partial charge in [0, 0.05) is 41.6 Å². The van der Waals surface area contributed by atoms with Crippen LogP contribution in [0.1, 0.15) is 23.9 Å². The zero-order valence-corrected chi connectivity index (χ0v) is 16.9. The molecule has 3 heterocycles. The quantitative estimate of drug-likeness (QED) is 0.644. The molecule has 146 valence electrons. The Hall–Kier alpha value is -2.45. The first-order valence-electron chi connectivity index (χ1n) is 9.20. The molecule has 0 saturated carbocycles. The summed E-state index contributed by atoms with van der Waals surface area (Å²) in [4.78, 5) is 29.8. The van der Waals surface area contributed by atoms with Gasteiger partial charge in [0.25, 0.3) is 0 Å². The van der Waals surface area contributed by atoms with Crippen molar-refractivity contribution in [2.45, 2.75) is 26.2 Å². The van der Waals surface area contributed by atoms with Crippen LogP contribution in [0.4, 0.5) is 5.13 Å². The number of fused-ring (bicyclic) bond motifs is 1. The number of benzene rings is 1. The maximum absolute atomic E-state index is 12.5. The molecular weight excluding hydrogens is 398 g/mol. The van der Waals surface area contributed by atoms with Crippen molar-refractivity contribution >= 4 is 50.8 Å². The Bertz CT molecular complexity index is 1030. The van der Waals surface area contributed by atoms with Crippen molar-refractivity contribution in [3.05, 3.63) is 40.0 Å². The fourth-order valence-electron chi connectivity index (χ4n) is 3.43. The first-order valence-corrected chi connectivity index (χ1v) is 10.4. The summed E-state index contributed by atoms with van der Waals surface area (Å²) < 4.78 is 0. The smallest absolute Gasteiger partial charge is 0.231 e. The van der Waals surface area contributed by atoms with Gasteiger partial charge in [-0.15, -0.1) is 10.2 Å². The van der Waals surface area contributed by atoms with E-state index in [2.05, 4.69) is 20.5 Å². The minimum Gasteiger partial charge on any atom is -0.361 e. The van der Waals surface area contributed by atoms with Crippen molar-refractivity contribution in [2.24, 2.45) is 5.92 Å². The number of carbonyl (C=O) groups excluding carboxylic acids is 2. The Morgan fingerprint density at radius 1 is 1.43 bits per heavy atom. The average molecular weight is 418 g/mol. The lowest BCUT2D eigenvalue weighted by Crippen LogP contribution is -2.30. The van der Waals surface area contributed by atoms with Gasteiger partial charge in [0.05, 0.1) is 5.92 Å². The van der Waals surface area contributed by atoms with Crippen LogP contribution in [0.15, 0.2) is 24.4 Å². The number of hydrogen-bond donors (Lipinski definition) is 2. The summed E-state index contributed by atoms with van der Waals surface area (Å²) in [6.45, 7) is 2.98. The maximum Gasteiger partial charge on any atom is 0.231 e. The van der Waals surface area contributed by atoms with Crippen LogP contribution in [-0.4, -0.2) is 45.0 Å². The molecule has 1 atom stereocenters. The summed E-state index contributed by atoms with van der Waals surface area (Å²) in [6, 6.07) is 5.72. The Kier molecular flexibility index (Phi) is 5.32. The number of aromatic nitrogens is 3. The fourth-order valence-corrected chi connectivity index (χ4v) is 4.29. The number of likely N-dealkylation sites (tertiary alicyclic amines) is 1. The Labute approximate surface area is 171 Å². The number of aryl methyl sites for hydroxylation is 1. The van der Waals surface area contributed by atoms with Crippen LogP contribution in [0, 0.1) is 5.92 Å². The number of anilines is 1. The molecule has 0 spiro atoms. The summed E-state index contributed by atoms with van der Waals surface area (Å²) in [5.74, 6) is -0.531. The maximum atomic E-state index is 12.5. The van der Waals surface area contributed by atoms with E-state index in [-0.39, 0.29) is 24.2 Å². The lowest BCUT2D eigenvalue weighted by Gasteiger charge is -2.16. The lowest BCUT2D eigenvalue weighted by atomic mass is 10.1. The fraction of sp³-hybridized carbons (Fsp3) is 0.368. The molecule has 3 aromatic rings. The van der Waals surface area contributed by atoms with Crippen molar-refractivity contribution in [3.63, 3.8) is 0 Å². The van der Waals surface area contributed by atoms with Crippen LogP contribution in [0.25, 0.3) is 10.9 Å². The number of nitrogens with one attached hydrogen (secondary N) is 2. The molecule has 0 radical (unpaired) electrons. The summed E-state index contributed by atoms with van der Waals surface area (Å²) in [5.41, 5.74) is 2.13. The lowest BCUT2D eigenvalue weighted by molar-refractivity contribution is -0.128. The normalized spacial score (nSPS) is 16.9. The van der Waals surface area contributed by atoms with Crippen LogP contribution >= 0.6 is 22.9 Å². The minimum atomic E-state index is -0.362. The van der Waals surface area contributed by atoms with Gasteiger partial charge in [-0.3, -0.25) is 9.59 Å². The number of nitrogens with zero attached hydrogens (tertiary/aromatic N) is 3. The Balaban J connectivity index is 1.36. The Morgan fingerprint density at radius 3 is 3.07 bits per heavy atom. The SMILES string of the molecule is CCc1nnc(NC(=O)[C@@H]2CC(=O)N(CCc3c[nH]c4ccc(Cl)cc34)C2)s1. The molecule has 0 bridgehead atoms. The summed E-state index contributed by atoms with van der Waals surface area (Å²) in [7, 11) is 0. The van der Waals surface area contributed by atoms with Crippen molar-refractivity contribution in [3.8, 4) is 0 Å². The third-order valence-electron chi connectivity index (χ3n) is 4.97. The van der Waals surface area contributed by atoms with Crippen molar-refractivity contribution in [1.29, 1.82) is 0 Å². The minimum absolute atomic E-state index is 0.00420. The molecule has 1 aliphatic rings. The predicted octanol–water partition coefficient (Wildman–Crippen LogP) is 3.26. The van der Waals surface area contributed by atoms with Crippen molar-refractivity contribution < 1.29 is 9.59 Å². The van der Waals surface area contributed by atoms with Crippen LogP contribution in [-0.2, 0) is 22.4 Å². The molecule has 9 heteroatoms. The molecule has 0 unspecified atom stereocenters. The van der Waals surface area contributed by atoms with Crippen LogP contribution in [0.5, 0.6) is 0 Å². The van der Waals surface area contributed by atoms with Crippen LogP contribution < -0.4 is 5.32 Å². The third-order valence-corrected chi connectivity index (χ3v) is 6.18. The number of hydrogen-bond acceptors (Lipinski definition) is 5. The monoisotopic (exact) mass is 417 g/mol. The van der Waals surface area contributed by atoms with E-state index >= 15 is 0 Å². The molecular formula is C19H20ClN5O2S. The second kappa shape index (κ2) is 7.89. The first-order chi connectivity index (χ1) is 13.5. The highest BCUT2D eigenvalue weighted by atomic mass is 35.5. The van der Waals surface area contributed by atoms with E-state index in [1.807, 2.05) is 31.3 Å². The molecule has 1 aliphatic heterocycles. The van der Waals surface area contributed by atoms with Crippen molar-refractivity contribution in [2.75, 3.05) is 18.4 Å². The molecule has 1 saturated heterocycles. The standard InChI is InChI=1S/C19H20ClN5O2S/c1-2-16-23-24-19(28-16)22-18(27)12-7-17(26)25(10-12)6-5-11-9-21-15-4-3-13(20)8-14(11)15/h3-4,8-9,12,21H,2,5-7,10H2,1H3,(H,22,24,27)/t12-/m1/s1. The highest BCUT2D eigenvalue weighted by Crippen LogP contribution is 2.25. The molecule has 2 N–H and O–H groups in total. The topological polar surface area (TPSA) is 91.0 Å². The van der Waals surface area contributed by atoms with E-state index < -0.39 is 0 Å². The summed E-state index contributed by atoms with van der Waals surface area (Å²) in [5, 5.41) is 13.9. The van der Waals surface area contributed by atoms with Crippen LogP contribution in [0.3, 0.4) is 0 Å². The van der Waals surface area contributed by atoms with Gasteiger partial charge >= 0.3 is 0 Å². The van der Waals surface area contributed by atoms with E-state index in [4.69, 9.17) is 11.6 Å². The highest BCUT2D eigenvalue weighted by Gasteiger charge is 2.34. The summed E-state index contributed by atoms with van der Waals surface area (Å²) in [6.07, 6.45) is 3.66. The van der Waals surface area contributed by atoms with Gasteiger partial charge < -0.3 is 15.2 Å². The molecule has 1 fully saturated rings. The van der Waals surface area contributed by atoms with Gasteiger partial charge in [-0.05, 0) is 36.6 Å². The molecule has 2 aromatic heterocycles. The van der Waals surface area contributed by atoms with E-state index in [9.17, 15) is 9.59 Å². The summed E-state index contributed by atoms with van der Waals surface area (Å²) >= 11 is 7.46. The highest BCUT2D eigenvalue weighted by molar-refractivity contribution is 7.15. The second-order valence-electron chi connectivity index (χ2n) is 6.84. The zero-order chi connectivity index (χ0) is 19.7. The van der Waals surface area contributed by atoms with Gasteiger partial charge in [0.15, 0.2) is 0 Å². The van der Waals surface area contributed by atoms with Crippen LogP contribution in [0.2, 0.25) is 5.02 Å². The number of H-pyrrole nitrogens is 1. The van der Waals surface area contributed by atoms with E-state index in [0.717, 1.165) is 27.9 Å². The molecule has 2 amide bonds. The van der Waals surface area contributed by atoms with Gasteiger partial charge in [0.2, 0.25) is 16.9 Å². The third kappa shape index (κ3) is 3.88. The number of amides is 2. The largest absolute Gasteiger partial charge is 0.361 e. The van der Waals surface area contributed by atoms with Gasteiger partial charge in [-0.1, -0.05) is 29.9 Å². The van der Waals surface area contributed by atoms with Gasteiger partial charge in [-0.2, -0.15) is 0 Å². The Morgan fingerprint density at radius 2 is 2.29 bits per heavy atom. The van der Waals surface area contributed by atoms with Gasteiger partial charge in [-0.25, -0.2) is 0 Å². The molecule has 1 aromatic carbocycles. The van der Waals surface area contributed by atoms with E-state index in [0.29, 0.717) is 29.7 Å². The predicted molar refractivity (Wildman–Crippen MR) is 110 cm³/mol. The first kappa shape index (κ1) is 18.9. The second-order valence-corrected chi connectivity index (χ2v) is 8.34.